The van der Waals surface area contributed by atoms with Gasteiger partial charge in [-0.2, -0.15) is 5.26 Å². The van der Waals surface area contributed by atoms with Crippen molar-refractivity contribution >= 4 is 17.6 Å². The molecule has 0 fully saturated rings. The van der Waals surface area contributed by atoms with Gasteiger partial charge in [-0.3, -0.25) is 4.79 Å². The number of carboxylic acid groups (broad SMARTS) is 1. The molecule has 104 valence electrons. The molecule has 1 rings (SSSR count). The van der Waals surface area contributed by atoms with Crippen LogP contribution >= 0.6 is 0 Å². The molecule has 0 aliphatic carbocycles. The lowest BCUT2D eigenvalue weighted by atomic mass is 10.1. The van der Waals surface area contributed by atoms with Crippen LogP contribution in [0.15, 0.2) is 35.4 Å². The first kappa shape index (κ1) is 15.2. The summed E-state index contributed by atoms with van der Waals surface area (Å²) >= 11 is 0. The Morgan fingerprint density at radius 3 is 2.35 bits per heavy atom. The van der Waals surface area contributed by atoms with Crippen LogP contribution in [0, 0.1) is 11.3 Å². The van der Waals surface area contributed by atoms with E-state index in [4.69, 9.17) is 15.1 Å². The summed E-state index contributed by atoms with van der Waals surface area (Å²) in [5.74, 6) is -1.09. The van der Waals surface area contributed by atoms with E-state index in [0.29, 0.717) is 11.4 Å². The fourth-order valence-corrected chi connectivity index (χ4v) is 1.31. The lowest BCUT2D eigenvalue weighted by Gasteiger charge is -2.08. The molecule has 6 nitrogen and oxygen atoms in total. The molecule has 0 atom stereocenters. The molecule has 0 heterocycles. The number of carboxylic acids is 1. The molecular formula is C14H14N2O4. The lowest BCUT2D eigenvalue weighted by molar-refractivity contribution is -0.133. The number of amides is 1. The van der Waals surface area contributed by atoms with Gasteiger partial charge in [-0.15, -0.1) is 0 Å². The van der Waals surface area contributed by atoms with Crippen molar-refractivity contribution in [2.75, 3.05) is 11.9 Å². The average molecular weight is 274 g/mol. The molecule has 2 N–H and O–H groups in total. The van der Waals surface area contributed by atoms with Gasteiger partial charge < -0.3 is 15.2 Å². The van der Waals surface area contributed by atoms with Crippen molar-refractivity contribution in [3.05, 3.63) is 35.4 Å². The van der Waals surface area contributed by atoms with Crippen LogP contribution in [0.25, 0.3) is 0 Å². The van der Waals surface area contributed by atoms with Crippen LogP contribution in [0.3, 0.4) is 0 Å². The van der Waals surface area contributed by atoms with E-state index >= 15 is 0 Å². The second kappa shape index (κ2) is 6.95. The van der Waals surface area contributed by atoms with Crippen molar-refractivity contribution in [1.82, 2.24) is 0 Å². The second-order valence-corrected chi connectivity index (χ2v) is 3.98. The fraction of sp³-hybridized carbons (Fsp3) is 0.214. The van der Waals surface area contributed by atoms with E-state index in [2.05, 4.69) is 5.32 Å². The minimum atomic E-state index is -1.13. The molecule has 0 spiro atoms. The van der Waals surface area contributed by atoms with Crippen molar-refractivity contribution in [3.63, 3.8) is 0 Å². The topological polar surface area (TPSA) is 99.4 Å². The summed E-state index contributed by atoms with van der Waals surface area (Å²) in [6, 6.07) is 8.27. The highest BCUT2D eigenvalue weighted by Gasteiger charge is 2.12. The number of carbonyl (C=O) groups excluding carboxylic acids is 1. The van der Waals surface area contributed by atoms with E-state index < -0.39 is 11.9 Å². The molecule has 0 aromatic heterocycles. The number of anilines is 1. The van der Waals surface area contributed by atoms with Crippen molar-refractivity contribution < 1.29 is 19.4 Å². The number of benzene rings is 1. The van der Waals surface area contributed by atoms with E-state index in [1.165, 1.54) is 13.8 Å². The number of carbonyl (C=O) groups is 2. The number of nitriles is 1. The standard InChI is InChI=1S/C14H14N2O4/c1-9(10(2)14(18)19)13(17)16-11-3-5-12(6-4-11)20-8-7-15/h3-6H,8H2,1-2H3,(H,16,17)(H,18,19). The van der Waals surface area contributed by atoms with Crippen LogP contribution in [0.1, 0.15) is 13.8 Å². The summed E-state index contributed by atoms with van der Waals surface area (Å²) in [6.07, 6.45) is 0. The van der Waals surface area contributed by atoms with E-state index in [1.54, 1.807) is 24.3 Å². The molecule has 0 unspecified atom stereocenters. The molecule has 6 heteroatoms. The monoisotopic (exact) mass is 274 g/mol. The highest BCUT2D eigenvalue weighted by atomic mass is 16.5. The lowest BCUT2D eigenvalue weighted by Crippen LogP contribution is -2.16. The van der Waals surface area contributed by atoms with Gasteiger partial charge in [0.25, 0.3) is 5.91 Å². The Morgan fingerprint density at radius 1 is 1.25 bits per heavy atom. The third-order valence-electron chi connectivity index (χ3n) is 2.64. The largest absolute Gasteiger partial charge is 0.479 e. The van der Waals surface area contributed by atoms with Crippen LogP contribution in [0.5, 0.6) is 5.75 Å². The van der Waals surface area contributed by atoms with Gasteiger partial charge in [-0.1, -0.05) is 0 Å². The number of hydrogen-bond acceptors (Lipinski definition) is 4. The van der Waals surface area contributed by atoms with Gasteiger partial charge in [0.1, 0.15) is 11.8 Å². The number of nitrogens with one attached hydrogen (secondary N) is 1. The van der Waals surface area contributed by atoms with E-state index in [1.807, 2.05) is 6.07 Å². The van der Waals surface area contributed by atoms with Crippen molar-refractivity contribution in [1.29, 1.82) is 5.26 Å². The molecule has 0 aliphatic heterocycles. The van der Waals surface area contributed by atoms with Gasteiger partial charge in [0, 0.05) is 16.8 Å². The number of hydrogen-bond donors (Lipinski definition) is 2. The van der Waals surface area contributed by atoms with E-state index in [0.717, 1.165) is 0 Å². The Kier molecular flexibility index (Phi) is 5.30. The summed E-state index contributed by atoms with van der Waals surface area (Å²) in [5.41, 5.74) is 0.649. The third kappa shape index (κ3) is 4.14. The Bertz CT molecular complexity index is 582. The van der Waals surface area contributed by atoms with E-state index in [-0.39, 0.29) is 17.8 Å². The van der Waals surface area contributed by atoms with Crippen LogP contribution in [-0.2, 0) is 9.59 Å². The summed E-state index contributed by atoms with van der Waals surface area (Å²) in [7, 11) is 0. The molecule has 0 bridgehead atoms. The molecule has 0 aliphatic rings. The number of aliphatic carboxylic acids is 1. The van der Waals surface area contributed by atoms with E-state index in [9.17, 15) is 9.59 Å². The number of nitrogens with zero attached hydrogens (tertiary/aromatic N) is 1. The minimum absolute atomic E-state index is 0.00327. The molecule has 1 amide bonds. The summed E-state index contributed by atoms with van der Waals surface area (Å²) in [4.78, 5) is 22.6. The highest BCUT2D eigenvalue weighted by molar-refractivity contribution is 6.08. The average Bonchev–Trinajstić information content (AvgIpc) is 2.44. The molecule has 0 saturated carbocycles. The Hall–Kier alpha value is -2.81. The van der Waals surface area contributed by atoms with Gasteiger partial charge in [0.15, 0.2) is 6.61 Å². The number of rotatable bonds is 5. The van der Waals surface area contributed by atoms with Gasteiger partial charge in [0.2, 0.25) is 0 Å². The normalized spacial score (nSPS) is 11.1. The maximum Gasteiger partial charge on any atom is 0.331 e. The maximum absolute atomic E-state index is 11.8. The Morgan fingerprint density at radius 2 is 1.85 bits per heavy atom. The van der Waals surface area contributed by atoms with Crippen LogP contribution in [0.4, 0.5) is 5.69 Å². The van der Waals surface area contributed by atoms with Crippen LogP contribution < -0.4 is 10.1 Å². The smallest absolute Gasteiger partial charge is 0.331 e. The van der Waals surface area contributed by atoms with Gasteiger partial charge >= 0.3 is 5.97 Å². The third-order valence-corrected chi connectivity index (χ3v) is 2.64. The van der Waals surface area contributed by atoms with Gasteiger partial charge in [-0.05, 0) is 38.1 Å². The first-order chi connectivity index (χ1) is 9.45. The molecule has 20 heavy (non-hydrogen) atoms. The van der Waals surface area contributed by atoms with Crippen molar-refractivity contribution in [2.24, 2.45) is 0 Å². The first-order valence-corrected chi connectivity index (χ1v) is 5.77. The summed E-state index contributed by atoms with van der Waals surface area (Å²) in [6.45, 7) is 2.77. The summed E-state index contributed by atoms with van der Waals surface area (Å²) in [5, 5.41) is 19.8. The SMILES string of the molecule is CC(C(=O)O)=C(C)C(=O)Nc1ccc(OCC#N)cc1. The Labute approximate surface area is 116 Å². The molecular weight excluding hydrogens is 260 g/mol. The van der Waals surface area contributed by atoms with Gasteiger partial charge in [-0.25, -0.2) is 4.79 Å². The molecule has 1 aromatic rings. The van der Waals surface area contributed by atoms with Crippen LogP contribution in [0.2, 0.25) is 0 Å². The van der Waals surface area contributed by atoms with Crippen LogP contribution in [-0.4, -0.2) is 23.6 Å². The molecule has 0 radical (unpaired) electrons. The fourth-order valence-electron chi connectivity index (χ4n) is 1.31. The Balaban J connectivity index is 2.75. The summed E-state index contributed by atoms with van der Waals surface area (Å²) < 4.78 is 5.07. The second-order valence-electron chi connectivity index (χ2n) is 3.98. The highest BCUT2D eigenvalue weighted by Crippen LogP contribution is 2.16. The maximum atomic E-state index is 11.8. The van der Waals surface area contributed by atoms with Crippen molar-refractivity contribution in [2.45, 2.75) is 13.8 Å². The molecule has 0 saturated heterocycles. The predicted molar refractivity (Wildman–Crippen MR) is 72.2 cm³/mol. The zero-order chi connectivity index (χ0) is 15.1. The first-order valence-electron chi connectivity index (χ1n) is 5.77. The number of ether oxygens (including phenoxy) is 1. The van der Waals surface area contributed by atoms with Gasteiger partial charge in [0.05, 0.1) is 0 Å². The zero-order valence-corrected chi connectivity index (χ0v) is 11.1. The quantitative estimate of drug-likeness (QED) is 0.799. The zero-order valence-electron chi connectivity index (χ0n) is 11.1. The predicted octanol–water partition coefficient (Wildman–Crippen LogP) is 1.95. The minimum Gasteiger partial charge on any atom is -0.479 e. The van der Waals surface area contributed by atoms with Crippen molar-refractivity contribution in [3.8, 4) is 11.8 Å². The molecule has 1 aromatic carbocycles.